The van der Waals surface area contributed by atoms with Crippen LogP contribution < -0.4 is 14.8 Å². The van der Waals surface area contributed by atoms with Gasteiger partial charge in [-0.25, -0.2) is 9.97 Å². The van der Waals surface area contributed by atoms with Crippen LogP contribution in [0.2, 0.25) is 0 Å². The molecule has 122 valence electrons. The topological polar surface area (TPSA) is 99.4 Å². The first kappa shape index (κ1) is 15.5. The van der Waals surface area contributed by atoms with Gasteiger partial charge in [0.25, 0.3) is 5.69 Å². The predicted octanol–water partition coefficient (Wildman–Crippen LogP) is 3.30. The summed E-state index contributed by atoms with van der Waals surface area (Å²) in [5, 5.41) is 14.7. The SMILES string of the molecule is COc1ccc(Nc2ncnc3ccc([N+](=O)[O-])cc23)cc1OC. The highest BCUT2D eigenvalue weighted by molar-refractivity contribution is 5.92. The predicted molar refractivity (Wildman–Crippen MR) is 89.0 cm³/mol. The van der Waals surface area contributed by atoms with E-state index in [-0.39, 0.29) is 5.69 Å². The Morgan fingerprint density at radius 3 is 2.54 bits per heavy atom. The Morgan fingerprint density at radius 2 is 1.83 bits per heavy atom. The van der Waals surface area contributed by atoms with Crippen molar-refractivity contribution in [3.63, 3.8) is 0 Å². The third kappa shape index (κ3) is 2.89. The zero-order valence-corrected chi connectivity index (χ0v) is 13.0. The number of fused-ring (bicyclic) bond motifs is 1. The van der Waals surface area contributed by atoms with Crippen molar-refractivity contribution in [1.82, 2.24) is 9.97 Å². The number of rotatable bonds is 5. The van der Waals surface area contributed by atoms with Crippen molar-refractivity contribution < 1.29 is 14.4 Å². The van der Waals surface area contributed by atoms with Gasteiger partial charge in [-0.2, -0.15) is 0 Å². The second-order valence-corrected chi connectivity index (χ2v) is 4.88. The number of nitro benzene ring substituents is 1. The molecule has 24 heavy (non-hydrogen) atoms. The van der Waals surface area contributed by atoms with Gasteiger partial charge in [0.2, 0.25) is 0 Å². The molecule has 1 N–H and O–H groups in total. The molecular weight excluding hydrogens is 312 g/mol. The summed E-state index contributed by atoms with van der Waals surface area (Å²) in [6.45, 7) is 0. The summed E-state index contributed by atoms with van der Waals surface area (Å²) >= 11 is 0. The smallest absolute Gasteiger partial charge is 0.270 e. The minimum absolute atomic E-state index is 0.0207. The lowest BCUT2D eigenvalue weighted by Gasteiger charge is -2.12. The second-order valence-electron chi connectivity index (χ2n) is 4.88. The van der Waals surface area contributed by atoms with E-state index in [4.69, 9.17) is 9.47 Å². The molecule has 0 amide bonds. The van der Waals surface area contributed by atoms with E-state index in [1.165, 1.54) is 18.5 Å². The third-order valence-electron chi connectivity index (χ3n) is 3.48. The zero-order valence-electron chi connectivity index (χ0n) is 13.0. The molecule has 8 heteroatoms. The van der Waals surface area contributed by atoms with E-state index in [1.807, 2.05) is 0 Å². The van der Waals surface area contributed by atoms with Crippen molar-refractivity contribution in [3.05, 3.63) is 52.8 Å². The van der Waals surface area contributed by atoms with Crippen LogP contribution in [0.1, 0.15) is 0 Å². The molecule has 0 aliphatic carbocycles. The molecular formula is C16H14N4O4. The van der Waals surface area contributed by atoms with Crippen LogP contribution in [0.4, 0.5) is 17.2 Å². The first-order valence-electron chi connectivity index (χ1n) is 7.00. The molecule has 1 heterocycles. The Morgan fingerprint density at radius 1 is 1.04 bits per heavy atom. The molecule has 1 aromatic heterocycles. The number of benzene rings is 2. The molecule has 0 saturated carbocycles. The monoisotopic (exact) mass is 326 g/mol. The Hall–Kier alpha value is -3.42. The molecule has 8 nitrogen and oxygen atoms in total. The van der Waals surface area contributed by atoms with Crippen molar-refractivity contribution in [1.29, 1.82) is 0 Å². The summed E-state index contributed by atoms with van der Waals surface area (Å²) in [7, 11) is 3.10. The number of ether oxygens (including phenoxy) is 2. The number of methoxy groups -OCH3 is 2. The van der Waals surface area contributed by atoms with E-state index in [0.717, 1.165) is 0 Å². The largest absolute Gasteiger partial charge is 0.493 e. The summed E-state index contributed by atoms with van der Waals surface area (Å²) in [6, 6.07) is 9.76. The standard InChI is InChI=1S/C16H14N4O4/c1-23-14-6-3-10(7-15(14)24-2)19-16-12-8-11(20(21)22)4-5-13(12)17-9-18-16/h3-9H,1-2H3,(H,17,18,19). The molecule has 3 aromatic rings. The Kier molecular flexibility index (Phi) is 4.11. The summed E-state index contributed by atoms with van der Waals surface area (Å²) in [6.07, 6.45) is 1.40. The molecule has 0 spiro atoms. The van der Waals surface area contributed by atoms with Gasteiger partial charge in [-0.3, -0.25) is 10.1 Å². The van der Waals surface area contributed by atoms with Gasteiger partial charge in [0.05, 0.1) is 24.7 Å². The highest BCUT2D eigenvalue weighted by Gasteiger charge is 2.12. The maximum atomic E-state index is 11.0. The van der Waals surface area contributed by atoms with Gasteiger partial charge < -0.3 is 14.8 Å². The number of nitro groups is 1. The first-order chi connectivity index (χ1) is 11.6. The van der Waals surface area contributed by atoms with Crippen LogP contribution in [-0.2, 0) is 0 Å². The number of hydrogen-bond donors (Lipinski definition) is 1. The minimum Gasteiger partial charge on any atom is -0.493 e. The molecule has 0 bridgehead atoms. The van der Waals surface area contributed by atoms with Crippen molar-refractivity contribution in [2.45, 2.75) is 0 Å². The summed E-state index contributed by atoms with van der Waals surface area (Å²) in [5.41, 5.74) is 1.30. The summed E-state index contributed by atoms with van der Waals surface area (Å²) < 4.78 is 10.5. The molecule has 0 aliphatic heterocycles. The van der Waals surface area contributed by atoms with Gasteiger partial charge in [0.1, 0.15) is 12.1 Å². The quantitative estimate of drug-likeness (QED) is 0.567. The molecule has 0 unspecified atom stereocenters. The Bertz CT molecular complexity index is 914. The zero-order chi connectivity index (χ0) is 17.1. The molecule has 2 aromatic carbocycles. The molecule has 3 rings (SSSR count). The highest BCUT2D eigenvalue weighted by Crippen LogP contribution is 2.32. The summed E-state index contributed by atoms with van der Waals surface area (Å²) in [5.74, 6) is 1.63. The van der Waals surface area contributed by atoms with Gasteiger partial charge in [-0.15, -0.1) is 0 Å². The van der Waals surface area contributed by atoms with Gasteiger partial charge in [0.15, 0.2) is 11.5 Å². The van der Waals surface area contributed by atoms with Gasteiger partial charge in [0, 0.05) is 29.3 Å². The van der Waals surface area contributed by atoms with Gasteiger partial charge >= 0.3 is 0 Å². The Balaban J connectivity index is 2.03. The maximum absolute atomic E-state index is 11.0. The number of aromatic nitrogens is 2. The van der Waals surface area contributed by atoms with Crippen LogP contribution in [0.3, 0.4) is 0 Å². The maximum Gasteiger partial charge on any atom is 0.270 e. The fourth-order valence-electron chi connectivity index (χ4n) is 2.31. The lowest BCUT2D eigenvalue weighted by molar-refractivity contribution is -0.384. The normalized spacial score (nSPS) is 10.4. The fraction of sp³-hybridized carbons (Fsp3) is 0.125. The molecule has 0 fully saturated rings. The third-order valence-corrected chi connectivity index (χ3v) is 3.48. The van der Waals surface area contributed by atoms with Crippen LogP contribution in [0, 0.1) is 10.1 Å². The number of hydrogen-bond acceptors (Lipinski definition) is 7. The van der Waals surface area contributed by atoms with Crippen LogP contribution >= 0.6 is 0 Å². The van der Waals surface area contributed by atoms with Crippen molar-refractivity contribution in [2.75, 3.05) is 19.5 Å². The molecule has 0 radical (unpaired) electrons. The average molecular weight is 326 g/mol. The van der Waals surface area contributed by atoms with Gasteiger partial charge in [-0.1, -0.05) is 0 Å². The first-order valence-corrected chi connectivity index (χ1v) is 7.00. The van der Waals surface area contributed by atoms with E-state index in [1.54, 1.807) is 38.5 Å². The van der Waals surface area contributed by atoms with Gasteiger partial charge in [-0.05, 0) is 18.2 Å². The fourth-order valence-corrected chi connectivity index (χ4v) is 2.31. The highest BCUT2D eigenvalue weighted by atomic mass is 16.6. The Labute approximate surface area is 137 Å². The van der Waals surface area contributed by atoms with E-state index >= 15 is 0 Å². The van der Waals surface area contributed by atoms with Crippen molar-refractivity contribution in [2.24, 2.45) is 0 Å². The van der Waals surface area contributed by atoms with Crippen LogP contribution in [0.5, 0.6) is 11.5 Å². The van der Waals surface area contributed by atoms with Crippen LogP contribution in [-0.4, -0.2) is 29.1 Å². The van der Waals surface area contributed by atoms with Crippen LogP contribution in [0.15, 0.2) is 42.7 Å². The van der Waals surface area contributed by atoms with E-state index in [0.29, 0.717) is 33.9 Å². The lowest BCUT2D eigenvalue weighted by Crippen LogP contribution is -1.98. The average Bonchev–Trinajstić information content (AvgIpc) is 2.61. The lowest BCUT2D eigenvalue weighted by atomic mass is 10.2. The number of nitrogens with zero attached hydrogens (tertiary/aromatic N) is 3. The van der Waals surface area contributed by atoms with E-state index in [9.17, 15) is 10.1 Å². The molecule has 0 atom stereocenters. The second kappa shape index (κ2) is 6.37. The van der Waals surface area contributed by atoms with Crippen molar-refractivity contribution in [3.8, 4) is 11.5 Å². The van der Waals surface area contributed by atoms with Crippen LogP contribution in [0.25, 0.3) is 10.9 Å². The number of anilines is 2. The van der Waals surface area contributed by atoms with E-state index < -0.39 is 4.92 Å². The number of non-ortho nitro benzene ring substituents is 1. The molecule has 0 aliphatic rings. The van der Waals surface area contributed by atoms with E-state index in [2.05, 4.69) is 15.3 Å². The summed E-state index contributed by atoms with van der Waals surface area (Å²) in [4.78, 5) is 18.8. The minimum atomic E-state index is -0.452. The number of nitrogens with one attached hydrogen (secondary N) is 1. The van der Waals surface area contributed by atoms with Crippen molar-refractivity contribution >= 4 is 28.1 Å². The molecule has 0 saturated heterocycles.